The quantitative estimate of drug-likeness (QED) is 0.406. The zero-order valence-electron chi connectivity index (χ0n) is 12.3. The number of unbranched alkanes of at least 4 members (excludes halogenated alkanes) is 6. The highest BCUT2D eigenvalue weighted by Gasteiger charge is 2.46. The molecular formula is C13H28O4Si. The molecule has 0 aliphatic heterocycles. The zero-order chi connectivity index (χ0) is 13.9. The van der Waals surface area contributed by atoms with Crippen LogP contribution in [-0.2, 0) is 18.1 Å². The van der Waals surface area contributed by atoms with Crippen LogP contribution in [0.3, 0.4) is 0 Å². The highest BCUT2D eigenvalue weighted by Crippen LogP contribution is 2.14. The fourth-order valence-corrected chi connectivity index (χ4v) is 3.65. The number of carbonyl (C=O) groups excluding carboxylic acids is 1. The Balaban J connectivity index is 3.75. The van der Waals surface area contributed by atoms with Crippen molar-refractivity contribution in [2.45, 2.75) is 58.3 Å². The third-order valence-corrected chi connectivity index (χ3v) is 5.70. The van der Waals surface area contributed by atoms with Crippen molar-refractivity contribution in [2.24, 2.45) is 0 Å². The van der Waals surface area contributed by atoms with E-state index in [0.717, 1.165) is 12.8 Å². The molecule has 108 valence electrons. The summed E-state index contributed by atoms with van der Waals surface area (Å²) in [6, 6.07) is 0. The second-order valence-corrected chi connectivity index (χ2v) is 7.36. The van der Waals surface area contributed by atoms with Gasteiger partial charge in [0.15, 0.2) is 0 Å². The van der Waals surface area contributed by atoms with Gasteiger partial charge < -0.3 is 13.3 Å². The van der Waals surface area contributed by atoms with E-state index in [2.05, 4.69) is 6.92 Å². The van der Waals surface area contributed by atoms with Crippen molar-refractivity contribution in [1.82, 2.24) is 0 Å². The molecule has 5 heteroatoms. The number of rotatable bonds is 12. The molecule has 0 aromatic rings. The van der Waals surface area contributed by atoms with Crippen LogP contribution in [0.2, 0.25) is 0 Å². The van der Waals surface area contributed by atoms with E-state index in [4.69, 9.17) is 13.3 Å². The lowest BCUT2D eigenvalue weighted by Crippen LogP contribution is -2.51. The SMILES string of the molecule is CCCCCCCCCC(=O)[Si](OC)(OC)OC. The Morgan fingerprint density at radius 1 is 0.833 bits per heavy atom. The summed E-state index contributed by atoms with van der Waals surface area (Å²) in [7, 11) is 1.38. The van der Waals surface area contributed by atoms with E-state index in [-0.39, 0.29) is 5.41 Å². The molecule has 0 rings (SSSR count). The molecule has 4 nitrogen and oxygen atoms in total. The minimum atomic E-state index is -3.04. The predicted octanol–water partition coefficient (Wildman–Crippen LogP) is 3.11. The summed E-state index contributed by atoms with van der Waals surface area (Å²) in [4.78, 5) is 12.0. The Bertz CT molecular complexity index is 209. The summed E-state index contributed by atoms with van der Waals surface area (Å²) >= 11 is 0. The minimum Gasteiger partial charge on any atom is -0.372 e. The van der Waals surface area contributed by atoms with Crippen LogP contribution in [0.5, 0.6) is 0 Å². The molecule has 0 unspecified atom stereocenters. The summed E-state index contributed by atoms with van der Waals surface area (Å²) in [6.45, 7) is 2.21. The van der Waals surface area contributed by atoms with E-state index >= 15 is 0 Å². The summed E-state index contributed by atoms with van der Waals surface area (Å²) < 4.78 is 15.5. The molecule has 18 heavy (non-hydrogen) atoms. The lowest BCUT2D eigenvalue weighted by atomic mass is 10.1. The van der Waals surface area contributed by atoms with Gasteiger partial charge in [-0.15, -0.1) is 0 Å². The molecule has 0 radical (unpaired) electrons. The molecule has 0 aromatic heterocycles. The molecule has 0 saturated carbocycles. The topological polar surface area (TPSA) is 44.8 Å². The predicted molar refractivity (Wildman–Crippen MR) is 74.4 cm³/mol. The highest BCUT2D eigenvalue weighted by atomic mass is 28.4. The fraction of sp³-hybridized carbons (Fsp3) is 0.923. The van der Waals surface area contributed by atoms with Gasteiger partial charge >= 0.3 is 8.80 Å². The molecule has 0 bridgehead atoms. The Labute approximate surface area is 112 Å². The minimum absolute atomic E-state index is 0.0106. The van der Waals surface area contributed by atoms with Crippen LogP contribution in [0.25, 0.3) is 0 Å². The van der Waals surface area contributed by atoms with Gasteiger partial charge in [-0.1, -0.05) is 45.4 Å². The monoisotopic (exact) mass is 276 g/mol. The van der Waals surface area contributed by atoms with Gasteiger partial charge in [0.05, 0.1) is 0 Å². The third-order valence-electron chi connectivity index (χ3n) is 3.16. The Kier molecular flexibility index (Phi) is 10.5. The maximum absolute atomic E-state index is 12.0. The average molecular weight is 276 g/mol. The van der Waals surface area contributed by atoms with E-state index in [1.54, 1.807) is 0 Å². The number of carbonyl (C=O) groups is 1. The first kappa shape index (κ1) is 17.8. The van der Waals surface area contributed by atoms with E-state index in [1.165, 1.54) is 53.4 Å². The van der Waals surface area contributed by atoms with Crippen molar-refractivity contribution < 1.29 is 18.1 Å². The largest absolute Gasteiger partial charge is 0.573 e. The van der Waals surface area contributed by atoms with Gasteiger partial charge in [-0.25, -0.2) is 0 Å². The first-order valence-corrected chi connectivity index (χ1v) is 8.58. The summed E-state index contributed by atoms with van der Waals surface area (Å²) in [5.74, 6) is 0. The molecule has 0 heterocycles. The molecule has 0 amide bonds. The van der Waals surface area contributed by atoms with Crippen molar-refractivity contribution in [3.63, 3.8) is 0 Å². The van der Waals surface area contributed by atoms with Gasteiger partial charge in [0, 0.05) is 27.8 Å². The van der Waals surface area contributed by atoms with Crippen molar-refractivity contribution in [3.05, 3.63) is 0 Å². The van der Waals surface area contributed by atoms with Crippen LogP contribution >= 0.6 is 0 Å². The molecule has 0 N–H and O–H groups in total. The molecular weight excluding hydrogens is 248 g/mol. The first-order valence-electron chi connectivity index (χ1n) is 6.85. The molecule has 0 atom stereocenters. The lowest BCUT2D eigenvalue weighted by molar-refractivity contribution is -0.118. The van der Waals surface area contributed by atoms with Gasteiger partial charge in [0.1, 0.15) is 0 Å². The van der Waals surface area contributed by atoms with Crippen molar-refractivity contribution in [2.75, 3.05) is 21.3 Å². The number of hydrogen-bond acceptors (Lipinski definition) is 4. The fourth-order valence-electron chi connectivity index (χ4n) is 1.99. The van der Waals surface area contributed by atoms with Crippen LogP contribution < -0.4 is 0 Å². The molecule has 0 aliphatic carbocycles. The van der Waals surface area contributed by atoms with E-state index in [9.17, 15) is 4.79 Å². The summed E-state index contributed by atoms with van der Waals surface area (Å²) in [6.07, 6.45) is 8.84. The maximum Gasteiger partial charge on any atom is 0.573 e. The van der Waals surface area contributed by atoms with Crippen LogP contribution in [0, 0.1) is 0 Å². The Hall–Kier alpha value is -0.233. The second-order valence-electron chi connectivity index (χ2n) is 4.46. The maximum atomic E-state index is 12.0. The van der Waals surface area contributed by atoms with Gasteiger partial charge in [-0.3, -0.25) is 4.79 Å². The van der Waals surface area contributed by atoms with Crippen molar-refractivity contribution in [3.8, 4) is 0 Å². The van der Waals surface area contributed by atoms with E-state index < -0.39 is 8.80 Å². The highest BCUT2D eigenvalue weighted by molar-refractivity contribution is 6.92. The van der Waals surface area contributed by atoms with Crippen LogP contribution in [0.4, 0.5) is 0 Å². The van der Waals surface area contributed by atoms with Crippen LogP contribution in [-0.4, -0.2) is 35.5 Å². The summed E-state index contributed by atoms with van der Waals surface area (Å²) in [5, 5.41) is -0.0106. The van der Waals surface area contributed by atoms with Gasteiger partial charge in [-0.2, -0.15) is 0 Å². The third kappa shape index (κ3) is 6.09. The average Bonchev–Trinajstić information content (AvgIpc) is 2.40. The molecule has 0 aromatic carbocycles. The van der Waals surface area contributed by atoms with E-state index in [1.807, 2.05) is 0 Å². The Morgan fingerprint density at radius 2 is 1.28 bits per heavy atom. The summed E-state index contributed by atoms with van der Waals surface area (Å²) in [5.41, 5.74) is 0. The van der Waals surface area contributed by atoms with Crippen molar-refractivity contribution in [1.29, 1.82) is 0 Å². The molecule has 0 fully saturated rings. The molecule has 0 saturated heterocycles. The van der Waals surface area contributed by atoms with Gasteiger partial charge in [0.25, 0.3) is 0 Å². The zero-order valence-corrected chi connectivity index (χ0v) is 13.3. The lowest BCUT2D eigenvalue weighted by Gasteiger charge is -2.22. The van der Waals surface area contributed by atoms with Gasteiger partial charge in [0.2, 0.25) is 5.41 Å². The second kappa shape index (κ2) is 10.7. The standard InChI is InChI=1S/C13H28O4Si/c1-5-6-7-8-9-10-11-12-13(14)18(15-2,16-3)17-4/h5-12H2,1-4H3. The normalized spacial score (nSPS) is 11.8. The number of hydrogen-bond donors (Lipinski definition) is 0. The van der Waals surface area contributed by atoms with Crippen molar-refractivity contribution >= 4 is 14.2 Å². The molecule has 0 spiro atoms. The first-order chi connectivity index (χ1) is 8.66. The van der Waals surface area contributed by atoms with E-state index in [0.29, 0.717) is 6.42 Å². The molecule has 0 aliphatic rings. The Morgan fingerprint density at radius 3 is 1.72 bits per heavy atom. The van der Waals surface area contributed by atoms with Gasteiger partial charge in [-0.05, 0) is 6.42 Å². The van der Waals surface area contributed by atoms with Crippen LogP contribution in [0.15, 0.2) is 0 Å². The van der Waals surface area contributed by atoms with Crippen LogP contribution in [0.1, 0.15) is 58.3 Å². The smallest absolute Gasteiger partial charge is 0.372 e.